The van der Waals surface area contributed by atoms with Gasteiger partial charge >= 0.3 is 0 Å². The molecule has 0 aromatic heterocycles. The van der Waals surface area contributed by atoms with E-state index in [0.29, 0.717) is 11.1 Å². The van der Waals surface area contributed by atoms with E-state index in [-0.39, 0.29) is 17.6 Å². The molecular formula is C21H24F2. The third kappa shape index (κ3) is 3.63. The van der Waals surface area contributed by atoms with Gasteiger partial charge < -0.3 is 0 Å². The fourth-order valence-electron chi connectivity index (χ4n) is 3.92. The van der Waals surface area contributed by atoms with Crippen molar-refractivity contribution in [2.45, 2.75) is 51.4 Å². The summed E-state index contributed by atoms with van der Waals surface area (Å²) < 4.78 is 29.2. The van der Waals surface area contributed by atoms with Crippen LogP contribution in [0.2, 0.25) is 0 Å². The van der Waals surface area contributed by atoms with E-state index in [9.17, 15) is 8.78 Å². The van der Waals surface area contributed by atoms with E-state index in [1.54, 1.807) is 0 Å². The smallest absolute Gasteiger partial charge is 0.130 e. The molecule has 0 unspecified atom stereocenters. The summed E-state index contributed by atoms with van der Waals surface area (Å²) in [5.41, 5.74) is 1.77. The summed E-state index contributed by atoms with van der Waals surface area (Å²) in [6.45, 7) is 2.20. The highest BCUT2D eigenvalue weighted by Gasteiger charge is 2.26. The summed E-state index contributed by atoms with van der Waals surface area (Å²) in [5, 5.41) is 0. The van der Waals surface area contributed by atoms with Crippen molar-refractivity contribution >= 4 is 0 Å². The zero-order valence-corrected chi connectivity index (χ0v) is 13.7. The molecule has 1 aliphatic carbocycles. The Hall–Kier alpha value is -1.70. The molecule has 0 atom stereocenters. The van der Waals surface area contributed by atoms with Crippen molar-refractivity contribution in [3.8, 4) is 11.1 Å². The van der Waals surface area contributed by atoms with Gasteiger partial charge in [0.25, 0.3) is 0 Å². The zero-order valence-electron chi connectivity index (χ0n) is 13.7. The summed E-state index contributed by atoms with van der Waals surface area (Å²) in [4.78, 5) is 0. The molecule has 1 saturated carbocycles. The molecule has 0 nitrogen and oxygen atoms in total. The molecule has 2 aromatic rings. The average molecular weight is 314 g/mol. The standard InChI is InChI=1S/C21H24F2/c1-2-6-15-9-11-17(12-10-15)21-19(22)13-18(14-20(21)23)16-7-4-3-5-8-16/h3-5,7-8,13-15,17H,2,6,9-12H2,1H3. The number of rotatable bonds is 4. The van der Waals surface area contributed by atoms with E-state index >= 15 is 0 Å². The fraction of sp³-hybridized carbons (Fsp3) is 0.429. The van der Waals surface area contributed by atoms with E-state index < -0.39 is 0 Å². The molecule has 122 valence electrons. The zero-order chi connectivity index (χ0) is 16.2. The van der Waals surface area contributed by atoms with Crippen LogP contribution < -0.4 is 0 Å². The Morgan fingerprint density at radius 2 is 1.48 bits per heavy atom. The molecule has 0 radical (unpaired) electrons. The first-order valence-corrected chi connectivity index (χ1v) is 8.73. The van der Waals surface area contributed by atoms with Gasteiger partial charge in [0.15, 0.2) is 0 Å². The van der Waals surface area contributed by atoms with Crippen molar-refractivity contribution < 1.29 is 8.78 Å². The molecule has 0 bridgehead atoms. The van der Waals surface area contributed by atoms with Gasteiger partial charge in [-0.15, -0.1) is 0 Å². The van der Waals surface area contributed by atoms with Gasteiger partial charge in [-0.2, -0.15) is 0 Å². The van der Waals surface area contributed by atoms with E-state index in [1.807, 2.05) is 30.3 Å². The number of halogens is 2. The third-order valence-corrected chi connectivity index (χ3v) is 5.14. The van der Waals surface area contributed by atoms with Crippen LogP contribution in [-0.4, -0.2) is 0 Å². The first kappa shape index (κ1) is 16.2. The first-order chi connectivity index (χ1) is 11.2. The Bertz CT molecular complexity index is 617. The maximum Gasteiger partial charge on any atom is 0.130 e. The SMILES string of the molecule is CCCC1CCC(c2c(F)cc(-c3ccccc3)cc2F)CC1. The van der Waals surface area contributed by atoms with Crippen LogP contribution in [0.1, 0.15) is 56.9 Å². The molecule has 1 aliphatic rings. The van der Waals surface area contributed by atoms with Crippen LogP contribution in [0.15, 0.2) is 42.5 Å². The molecule has 0 N–H and O–H groups in total. The molecule has 0 saturated heterocycles. The molecular weight excluding hydrogens is 290 g/mol. The van der Waals surface area contributed by atoms with Crippen LogP contribution in [0.4, 0.5) is 8.78 Å². The van der Waals surface area contributed by atoms with Gasteiger partial charge in [-0.3, -0.25) is 0 Å². The van der Waals surface area contributed by atoms with Crippen molar-refractivity contribution in [1.82, 2.24) is 0 Å². The van der Waals surface area contributed by atoms with Crippen molar-refractivity contribution in [3.63, 3.8) is 0 Å². The van der Waals surface area contributed by atoms with E-state index in [2.05, 4.69) is 6.92 Å². The quantitative estimate of drug-likeness (QED) is 0.588. The lowest BCUT2D eigenvalue weighted by atomic mass is 9.77. The highest BCUT2D eigenvalue weighted by molar-refractivity contribution is 5.64. The van der Waals surface area contributed by atoms with Crippen molar-refractivity contribution in [3.05, 3.63) is 59.7 Å². The minimum absolute atomic E-state index is 0.0351. The highest BCUT2D eigenvalue weighted by atomic mass is 19.1. The topological polar surface area (TPSA) is 0 Å². The summed E-state index contributed by atoms with van der Waals surface area (Å²) in [6, 6.07) is 12.4. The van der Waals surface area contributed by atoms with Crippen LogP contribution in [0, 0.1) is 17.6 Å². The second-order valence-electron chi connectivity index (χ2n) is 6.73. The molecule has 2 heteroatoms. The van der Waals surface area contributed by atoms with Crippen LogP contribution in [0.5, 0.6) is 0 Å². The second kappa shape index (κ2) is 7.25. The van der Waals surface area contributed by atoms with Crippen LogP contribution in [0.25, 0.3) is 11.1 Å². The number of hydrogen-bond donors (Lipinski definition) is 0. The summed E-state index contributed by atoms with van der Waals surface area (Å²) in [7, 11) is 0. The Morgan fingerprint density at radius 3 is 2.04 bits per heavy atom. The minimum atomic E-state index is -0.386. The third-order valence-electron chi connectivity index (χ3n) is 5.14. The number of hydrogen-bond acceptors (Lipinski definition) is 0. The lowest BCUT2D eigenvalue weighted by molar-refractivity contribution is 0.300. The summed E-state index contributed by atoms with van der Waals surface area (Å²) in [5.74, 6) is 0.00415. The summed E-state index contributed by atoms with van der Waals surface area (Å²) >= 11 is 0. The van der Waals surface area contributed by atoms with Crippen molar-refractivity contribution in [1.29, 1.82) is 0 Å². The monoisotopic (exact) mass is 314 g/mol. The first-order valence-electron chi connectivity index (χ1n) is 8.73. The fourth-order valence-corrected chi connectivity index (χ4v) is 3.92. The Labute approximate surface area is 137 Å². The maximum atomic E-state index is 14.6. The van der Waals surface area contributed by atoms with Gasteiger partial charge in [-0.1, -0.05) is 50.1 Å². The van der Waals surface area contributed by atoms with Gasteiger partial charge in [-0.05, 0) is 60.8 Å². The average Bonchev–Trinajstić information content (AvgIpc) is 2.57. The molecule has 0 amide bonds. The minimum Gasteiger partial charge on any atom is -0.207 e. The van der Waals surface area contributed by atoms with Crippen LogP contribution in [0.3, 0.4) is 0 Å². The van der Waals surface area contributed by atoms with Crippen molar-refractivity contribution in [2.24, 2.45) is 5.92 Å². The van der Waals surface area contributed by atoms with Gasteiger partial charge in [0.1, 0.15) is 11.6 Å². The maximum absolute atomic E-state index is 14.6. The second-order valence-corrected chi connectivity index (χ2v) is 6.73. The molecule has 2 aromatic carbocycles. The molecule has 0 aliphatic heterocycles. The van der Waals surface area contributed by atoms with E-state index in [1.165, 1.54) is 25.0 Å². The number of benzene rings is 2. The lowest BCUT2D eigenvalue weighted by Crippen LogP contribution is -2.15. The van der Waals surface area contributed by atoms with Crippen LogP contribution in [-0.2, 0) is 0 Å². The van der Waals surface area contributed by atoms with Gasteiger partial charge in [-0.25, -0.2) is 8.78 Å². The molecule has 1 fully saturated rings. The predicted octanol–water partition coefficient (Wildman–Crippen LogP) is 6.71. The van der Waals surface area contributed by atoms with Crippen LogP contribution >= 0.6 is 0 Å². The van der Waals surface area contributed by atoms with Gasteiger partial charge in [0.2, 0.25) is 0 Å². The normalized spacial score (nSPS) is 21.3. The van der Waals surface area contributed by atoms with E-state index in [4.69, 9.17) is 0 Å². The van der Waals surface area contributed by atoms with Gasteiger partial charge in [0.05, 0.1) is 0 Å². The molecule has 23 heavy (non-hydrogen) atoms. The molecule has 3 rings (SSSR count). The molecule has 0 heterocycles. The Kier molecular flexibility index (Phi) is 5.09. The predicted molar refractivity (Wildman–Crippen MR) is 91.4 cm³/mol. The van der Waals surface area contributed by atoms with Gasteiger partial charge in [0, 0.05) is 5.56 Å². The molecule has 0 spiro atoms. The lowest BCUT2D eigenvalue weighted by Gasteiger charge is -2.29. The van der Waals surface area contributed by atoms with E-state index in [0.717, 1.165) is 37.2 Å². The largest absolute Gasteiger partial charge is 0.207 e. The Balaban J connectivity index is 1.82. The Morgan fingerprint density at radius 1 is 0.870 bits per heavy atom. The summed E-state index contributed by atoms with van der Waals surface area (Å²) in [6.07, 6.45) is 6.44. The van der Waals surface area contributed by atoms with Crippen molar-refractivity contribution in [2.75, 3.05) is 0 Å². The highest BCUT2D eigenvalue weighted by Crippen LogP contribution is 2.40.